The molecule has 0 unspecified atom stereocenters. The molecule has 0 amide bonds. The molecule has 1 N–H and O–H groups in total. The normalized spacial score (nSPS) is 11.4. The predicted molar refractivity (Wildman–Crippen MR) is 124 cm³/mol. The average Bonchev–Trinajstić information content (AvgIpc) is 3.34. The Morgan fingerprint density at radius 2 is 1.64 bits per heavy atom. The largest absolute Gasteiger partial charge is 0.280 e. The smallest absolute Gasteiger partial charge is 0.265 e. The number of pyridine rings is 2. The number of anilines is 1. The fraction of sp³-hybridized carbons (Fsp3) is 0. The Balaban J connectivity index is 1.42. The van der Waals surface area contributed by atoms with Crippen molar-refractivity contribution in [3.05, 3.63) is 103 Å². The lowest BCUT2D eigenvalue weighted by molar-refractivity contribution is 0.0961. The maximum Gasteiger partial charge on any atom is 0.265 e. The van der Waals surface area contributed by atoms with E-state index in [1.165, 1.54) is 23.0 Å². The second-order valence-corrected chi connectivity index (χ2v) is 8.83. The monoisotopic (exact) mass is 455 g/mol. The Morgan fingerprint density at radius 3 is 2.42 bits per heavy atom. The van der Waals surface area contributed by atoms with Gasteiger partial charge in [0.2, 0.25) is 0 Å². The van der Waals surface area contributed by atoms with E-state index in [9.17, 15) is 13.2 Å². The van der Waals surface area contributed by atoms with E-state index >= 15 is 0 Å². The summed E-state index contributed by atoms with van der Waals surface area (Å²) in [7, 11) is -3.86. The van der Waals surface area contributed by atoms with Crippen LogP contribution in [0.15, 0.2) is 103 Å². The van der Waals surface area contributed by atoms with Gasteiger partial charge in [-0.2, -0.15) is 0 Å². The number of nitrogens with zero attached hydrogens (tertiary/aromatic N) is 4. The number of fused-ring (bicyclic) bond motifs is 1. The molecule has 8 nitrogen and oxygen atoms in total. The molecule has 3 aromatic heterocycles. The SMILES string of the molecule is O=C(c1cccnc1)n1ccnc1-c1ccc(NS(=O)(=O)c2cccc3cccnc23)cc1. The Kier molecular flexibility index (Phi) is 5.15. The van der Waals surface area contributed by atoms with E-state index in [1.54, 1.807) is 67.1 Å². The van der Waals surface area contributed by atoms with Gasteiger partial charge in [0.1, 0.15) is 10.7 Å². The molecule has 162 valence electrons. The number of imidazole rings is 1. The van der Waals surface area contributed by atoms with E-state index in [0.29, 0.717) is 28.2 Å². The maximum atomic E-state index is 13.0. The zero-order chi connectivity index (χ0) is 22.8. The Morgan fingerprint density at radius 1 is 0.848 bits per heavy atom. The summed E-state index contributed by atoms with van der Waals surface area (Å²) < 4.78 is 30.0. The van der Waals surface area contributed by atoms with Gasteiger partial charge in [-0.05, 0) is 48.5 Å². The van der Waals surface area contributed by atoms with Crippen LogP contribution in [0.4, 0.5) is 5.69 Å². The third kappa shape index (κ3) is 3.97. The first kappa shape index (κ1) is 20.5. The van der Waals surface area contributed by atoms with Crippen LogP contribution in [0.25, 0.3) is 22.3 Å². The number of aromatic nitrogens is 4. The summed E-state index contributed by atoms with van der Waals surface area (Å²) in [6, 6.07) is 18.6. The van der Waals surface area contributed by atoms with Crippen LogP contribution in [0.1, 0.15) is 10.4 Å². The van der Waals surface area contributed by atoms with Gasteiger partial charge < -0.3 is 0 Å². The van der Waals surface area contributed by atoms with Crippen molar-refractivity contribution in [2.45, 2.75) is 4.90 Å². The third-order valence-electron chi connectivity index (χ3n) is 5.05. The summed E-state index contributed by atoms with van der Waals surface area (Å²) in [6.07, 6.45) is 7.76. The lowest BCUT2D eigenvalue weighted by Gasteiger charge is -2.11. The van der Waals surface area contributed by atoms with Crippen molar-refractivity contribution in [3.63, 3.8) is 0 Å². The second kappa shape index (κ2) is 8.29. The van der Waals surface area contributed by atoms with Gasteiger partial charge in [0.05, 0.1) is 11.1 Å². The van der Waals surface area contributed by atoms with Crippen LogP contribution in [0.3, 0.4) is 0 Å². The molecule has 0 bridgehead atoms. The Hall–Kier alpha value is -4.37. The van der Waals surface area contributed by atoms with Gasteiger partial charge in [0.25, 0.3) is 15.9 Å². The molecular formula is C24H17N5O3S. The molecule has 0 saturated carbocycles. The van der Waals surface area contributed by atoms with Crippen LogP contribution < -0.4 is 4.72 Å². The molecule has 33 heavy (non-hydrogen) atoms. The molecule has 2 aromatic carbocycles. The molecule has 0 spiro atoms. The maximum absolute atomic E-state index is 13.0. The summed E-state index contributed by atoms with van der Waals surface area (Å²) in [5, 5.41) is 0.737. The van der Waals surface area contributed by atoms with Crippen LogP contribution >= 0.6 is 0 Å². The van der Waals surface area contributed by atoms with Crippen molar-refractivity contribution < 1.29 is 13.2 Å². The summed E-state index contributed by atoms with van der Waals surface area (Å²) >= 11 is 0. The Labute approximate surface area is 189 Å². The fourth-order valence-corrected chi connectivity index (χ4v) is 4.74. The summed E-state index contributed by atoms with van der Waals surface area (Å²) in [4.78, 5) is 25.4. The molecule has 0 aliphatic heterocycles. The lowest BCUT2D eigenvalue weighted by atomic mass is 10.2. The number of carbonyl (C=O) groups excluding carboxylic acids is 1. The first-order valence-corrected chi connectivity index (χ1v) is 11.5. The number of para-hydroxylation sites is 1. The van der Waals surface area contributed by atoms with Crippen LogP contribution in [-0.4, -0.2) is 33.8 Å². The van der Waals surface area contributed by atoms with Crippen molar-refractivity contribution in [2.75, 3.05) is 4.72 Å². The molecule has 5 aromatic rings. The van der Waals surface area contributed by atoms with Crippen LogP contribution in [0.2, 0.25) is 0 Å². The van der Waals surface area contributed by atoms with Crippen molar-refractivity contribution in [1.29, 1.82) is 0 Å². The highest BCUT2D eigenvalue weighted by Crippen LogP contribution is 2.25. The average molecular weight is 455 g/mol. The van der Waals surface area contributed by atoms with E-state index in [0.717, 1.165) is 5.39 Å². The molecule has 0 fully saturated rings. The minimum Gasteiger partial charge on any atom is -0.280 e. The fourth-order valence-electron chi connectivity index (χ4n) is 3.50. The molecule has 9 heteroatoms. The first-order chi connectivity index (χ1) is 16.0. The predicted octanol–water partition coefficient (Wildman–Crippen LogP) is 3.98. The topological polar surface area (TPSA) is 107 Å². The molecule has 0 radical (unpaired) electrons. The van der Waals surface area contributed by atoms with E-state index < -0.39 is 10.0 Å². The zero-order valence-electron chi connectivity index (χ0n) is 17.2. The minimum absolute atomic E-state index is 0.0993. The van der Waals surface area contributed by atoms with E-state index in [-0.39, 0.29) is 10.8 Å². The van der Waals surface area contributed by atoms with Gasteiger partial charge in [0, 0.05) is 47.6 Å². The number of sulfonamides is 1. The van der Waals surface area contributed by atoms with E-state index in [4.69, 9.17) is 0 Å². The quantitative estimate of drug-likeness (QED) is 0.430. The third-order valence-corrected chi connectivity index (χ3v) is 6.46. The first-order valence-electron chi connectivity index (χ1n) is 9.98. The van der Waals surface area contributed by atoms with Crippen LogP contribution in [-0.2, 0) is 10.0 Å². The van der Waals surface area contributed by atoms with Gasteiger partial charge in [-0.25, -0.2) is 13.4 Å². The standard InChI is InChI=1S/C24H17N5O3S/c30-24(19-6-2-12-25-16-19)29-15-14-27-23(29)18-8-10-20(11-9-18)28-33(31,32)21-7-1-4-17-5-3-13-26-22(17)21/h1-16,28H. The number of benzene rings is 2. The van der Waals surface area contributed by atoms with Gasteiger partial charge >= 0.3 is 0 Å². The highest BCUT2D eigenvalue weighted by molar-refractivity contribution is 7.93. The summed E-state index contributed by atoms with van der Waals surface area (Å²) in [6.45, 7) is 0. The van der Waals surface area contributed by atoms with Crippen LogP contribution in [0.5, 0.6) is 0 Å². The number of rotatable bonds is 5. The van der Waals surface area contributed by atoms with Gasteiger partial charge in [-0.15, -0.1) is 0 Å². The van der Waals surface area contributed by atoms with Crippen molar-refractivity contribution in [3.8, 4) is 11.4 Å². The van der Waals surface area contributed by atoms with Crippen molar-refractivity contribution in [2.24, 2.45) is 0 Å². The summed E-state index contributed by atoms with van der Waals surface area (Å²) in [5.41, 5.74) is 1.88. The highest BCUT2D eigenvalue weighted by atomic mass is 32.2. The Bertz CT molecular complexity index is 1560. The number of carbonyl (C=O) groups is 1. The minimum atomic E-state index is -3.86. The van der Waals surface area contributed by atoms with Crippen LogP contribution in [0, 0.1) is 0 Å². The summed E-state index contributed by atoms with van der Waals surface area (Å²) in [5.74, 6) is 0.181. The second-order valence-electron chi connectivity index (χ2n) is 7.18. The van der Waals surface area contributed by atoms with Gasteiger partial charge in [0.15, 0.2) is 0 Å². The number of nitrogens with one attached hydrogen (secondary N) is 1. The lowest BCUT2D eigenvalue weighted by Crippen LogP contribution is -2.14. The van der Waals surface area contributed by atoms with Crippen molar-refractivity contribution >= 4 is 32.5 Å². The van der Waals surface area contributed by atoms with Gasteiger partial charge in [-0.1, -0.05) is 18.2 Å². The molecule has 0 aliphatic carbocycles. The number of hydrogen-bond acceptors (Lipinski definition) is 6. The molecule has 3 heterocycles. The van der Waals surface area contributed by atoms with E-state index in [2.05, 4.69) is 19.7 Å². The molecule has 0 saturated heterocycles. The van der Waals surface area contributed by atoms with E-state index in [1.807, 2.05) is 12.1 Å². The molecular weight excluding hydrogens is 438 g/mol. The number of hydrogen-bond donors (Lipinski definition) is 1. The molecule has 5 rings (SSSR count). The zero-order valence-corrected chi connectivity index (χ0v) is 18.0. The molecule has 0 atom stereocenters. The van der Waals surface area contributed by atoms with Gasteiger partial charge in [-0.3, -0.25) is 24.1 Å². The molecule has 0 aliphatic rings. The highest BCUT2D eigenvalue weighted by Gasteiger charge is 2.19. The van der Waals surface area contributed by atoms with Crippen molar-refractivity contribution in [1.82, 2.24) is 19.5 Å².